The number of rotatable bonds is 7. The van der Waals surface area contributed by atoms with Gasteiger partial charge in [0.1, 0.15) is 11.8 Å². The summed E-state index contributed by atoms with van der Waals surface area (Å²) >= 11 is 1.31. The minimum atomic E-state index is -3.95. The van der Waals surface area contributed by atoms with E-state index in [9.17, 15) is 23.3 Å². The van der Waals surface area contributed by atoms with Crippen LogP contribution < -0.4 is 15.0 Å². The van der Waals surface area contributed by atoms with Crippen LogP contribution in [0.3, 0.4) is 0 Å². The first kappa shape index (κ1) is 20.8. The first-order valence-electron chi connectivity index (χ1n) is 8.21. The lowest BCUT2D eigenvalue weighted by Crippen LogP contribution is -2.46. The highest BCUT2D eigenvalue weighted by atomic mass is 32.2. The number of thioether (sulfide) groups is 1. The third-order valence-electron chi connectivity index (χ3n) is 3.96. The molecule has 1 aliphatic rings. The summed E-state index contributed by atoms with van der Waals surface area (Å²) in [5, 5.41) is 11.3. The standard InChI is InChI=1S/C17H16N4O6S2/c1-27-13-6-8-14(9-7-13)29(25,26)20-19-16(22)15-10-28-17(18-15)11-2-4-12(5-3-11)21(23)24/h2-9,15,20H,10H2,1H3,(H,19,22)/t15-/m0/s1. The van der Waals surface area contributed by atoms with Gasteiger partial charge in [-0.1, -0.05) is 0 Å². The SMILES string of the molecule is COc1ccc(S(=O)(=O)NNC(=O)[C@@H]2CSC(c3ccc([N+](=O)[O-])cc3)=N2)cc1. The fourth-order valence-electron chi connectivity index (χ4n) is 2.41. The molecule has 0 aliphatic carbocycles. The Labute approximate surface area is 170 Å². The van der Waals surface area contributed by atoms with E-state index in [1.165, 1.54) is 55.3 Å². The Morgan fingerprint density at radius 1 is 1.21 bits per heavy atom. The van der Waals surface area contributed by atoms with E-state index in [0.29, 0.717) is 22.1 Å². The second-order valence-corrected chi connectivity index (χ2v) is 8.53. The molecule has 0 radical (unpaired) electrons. The van der Waals surface area contributed by atoms with Crippen molar-refractivity contribution in [3.05, 3.63) is 64.2 Å². The van der Waals surface area contributed by atoms with Crippen LogP contribution in [0.4, 0.5) is 5.69 Å². The van der Waals surface area contributed by atoms with Crippen molar-refractivity contribution >= 4 is 38.4 Å². The number of hydrogen-bond donors (Lipinski definition) is 2. The van der Waals surface area contributed by atoms with Crippen molar-refractivity contribution in [1.29, 1.82) is 0 Å². The van der Waals surface area contributed by atoms with Crippen LogP contribution in [0.2, 0.25) is 0 Å². The highest BCUT2D eigenvalue weighted by Gasteiger charge is 2.27. The Morgan fingerprint density at radius 2 is 1.86 bits per heavy atom. The van der Waals surface area contributed by atoms with Gasteiger partial charge in [0, 0.05) is 23.4 Å². The highest BCUT2D eigenvalue weighted by molar-refractivity contribution is 8.14. The fraction of sp³-hybridized carbons (Fsp3) is 0.176. The van der Waals surface area contributed by atoms with Crippen molar-refractivity contribution in [3.8, 4) is 5.75 Å². The van der Waals surface area contributed by atoms with Gasteiger partial charge < -0.3 is 4.74 Å². The summed E-state index contributed by atoms with van der Waals surface area (Å²) in [4.78, 5) is 28.8. The Morgan fingerprint density at radius 3 is 2.45 bits per heavy atom. The lowest BCUT2D eigenvalue weighted by Gasteiger charge is -2.10. The Balaban J connectivity index is 1.62. The van der Waals surface area contributed by atoms with E-state index in [2.05, 4.69) is 10.4 Å². The lowest BCUT2D eigenvalue weighted by atomic mass is 10.2. The van der Waals surface area contributed by atoms with E-state index in [0.717, 1.165) is 0 Å². The molecule has 0 saturated heterocycles. The van der Waals surface area contributed by atoms with Crippen LogP contribution in [0.1, 0.15) is 5.56 Å². The van der Waals surface area contributed by atoms with E-state index >= 15 is 0 Å². The van der Waals surface area contributed by atoms with Crippen LogP contribution >= 0.6 is 11.8 Å². The van der Waals surface area contributed by atoms with Crippen molar-refractivity contribution < 1.29 is 22.9 Å². The van der Waals surface area contributed by atoms with Gasteiger partial charge in [-0.3, -0.25) is 25.3 Å². The fourth-order valence-corrected chi connectivity index (χ4v) is 4.30. The molecule has 0 fully saturated rings. The topological polar surface area (TPSA) is 140 Å². The van der Waals surface area contributed by atoms with Gasteiger partial charge in [-0.05, 0) is 36.4 Å². The number of nitrogens with zero attached hydrogens (tertiary/aromatic N) is 2. The third-order valence-corrected chi connectivity index (χ3v) is 6.32. The zero-order chi connectivity index (χ0) is 21.0. The molecule has 12 heteroatoms. The molecular weight excluding hydrogens is 420 g/mol. The molecule has 152 valence electrons. The molecule has 1 amide bonds. The number of hydrazine groups is 1. The zero-order valence-corrected chi connectivity index (χ0v) is 16.7. The number of carbonyl (C=O) groups excluding carboxylic acids is 1. The van der Waals surface area contributed by atoms with Gasteiger partial charge in [0.2, 0.25) is 0 Å². The molecule has 1 heterocycles. The van der Waals surface area contributed by atoms with Crippen LogP contribution in [0.15, 0.2) is 58.4 Å². The van der Waals surface area contributed by atoms with E-state index in [1.54, 1.807) is 12.1 Å². The van der Waals surface area contributed by atoms with Gasteiger partial charge in [-0.25, -0.2) is 8.42 Å². The monoisotopic (exact) mass is 436 g/mol. The van der Waals surface area contributed by atoms with Gasteiger partial charge in [-0.15, -0.1) is 16.6 Å². The third kappa shape index (κ3) is 4.91. The number of nitro groups is 1. The summed E-state index contributed by atoms with van der Waals surface area (Å²) in [7, 11) is -2.48. The number of carbonyl (C=O) groups is 1. The average molecular weight is 436 g/mol. The molecule has 0 unspecified atom stereocenters. The summed E-state index contributed by atoms with van der Waals surface area (Å²) in [5.74, 6) is 0.221. The number of sulfonamides is 1. The quantitative estimate of drug-likeness (QED) is 0.495. The van der Waals surface area contributed by atoms with Crippen LogP contribution in [0.5, 0.6) is 5.75 Å². The number of hydrogen-bond acceptors (Lipinski definition) is 8. The van der Waals surface area contributed by atoms with E-state index < -0.39 is 26.9 Å². The van der Waals surface area contributed by atoms with Crippen molar-refractivity contribution in [2.45, 2.75) is 10.9 Å². The van der Waals surface area contributed by atoms with Crippen LogP contribution in [-0.4, -0.2) is 43.2 Å². The lowest BCUT2D eigenvalue weighted by molar-refractivity contribution is -0.384. The van der Waals surface area contributed by atoms with Gasteiger partial charge in [0.25, 0.3) is 21.6 Å². The Hall–Kier alpha value is -2.96. The highest BCUT2D eigenvalue weighted by Crippen LogP contribution is 2.25. The largest absolute Gasteiger partial charge is 0.497 e. The molecule has 29 heavy (non-hydrogen) atoms. The minimum Gasteiger partial charge on any atom is -0.497 e. The zero-order valence-electron chi connectivity index (χ0n) is 15.1. The molecule has 1 atom stereocenters. The van der Waals surface area contributed by atoms with Crippen molar-refractivity contribution in [2.75, 3.05) is 12.9 Å². The summed E-state index contributed by atoms with van der Waals surface area (Å²) in [6, 6.07) is 10.7. The maximum atomic E-state index is 12.3. The number of ether oxygens (including phenoxy) is 1. The van der Waals surface area contributed by atoms with Crippen LogP contribution in [-0.2, 0) is 14.8 Å². The van der Waals surface area contributed by atoms with E-state index in [1.807, 2.05) is 4.83 Å². The molecule has 2 aromatic carbocycles. The van der Waals surface area contributed by atoms with Crippen molar-refractivity contribution in [3.63, 3.8) is 0 Å². The molecule has 2 aromatic rings. The van der Waals surface area contributed by atoms with Crippen LogP contribution in [0.25, 0.3) is 0 Å². The molecule has 2 N–H and O–H groups in total. The second kappa shape index (κ2) is 8.59. The number of amides is 1. The number of non-ortho nitro benzene ring substituents is 1. The Bertz CT molecular complexity index is 1050. The normalized spacial score (nSPS) is 16.2. The molecule has 1 aliphatic heterocycles. The predicted molar refractivity (Wildman–Crippen MR) is 107 cm³/mol. The number of nitro benzene ring substituents is 1. The van der Waals surface area contributed by atoms with E-state index in [4.69, 9.17) is 4.74 Å². The average Bonchev–Trinajstić information content (AvgIpc) is 3.22. The van der Waals surface area contributed by atoms with Gasteiger partial charge in [0.05, 0.1) is 22.0 Å². The maximum absolute atomic E-state index is 12.3. The summed E-state index contributed by atoms with van der Waals surface area (Å²) in [6.45, 7) is 0. The van der Waals surface area contributed by atoms with E-state index in [-0.39, 0.29) is 10.6 Å². The summed E-state index contributed by atoms with van der Waals surface area (Å²) in [5.41, 5.74) is 2.78. The Kier molecular flexibility index (Phi) is 6.15. The molecule has 10 nitrogen and oxygen atoms in total. The molecule has 3 rings (SSSR count). The minimum absolute atomic E-state index is 0.0329. The number of nitrogens with one attached hydrogen (secondary N) is 2. The number of benzene rings is 2. The molecule has 0 spiro atoms. The first-order valence-corrected chi connectivity index (χ1v) is 10.7. The predicted octanol–water partition coefficient (Wildman–Crippen LogP) is 1.48. The maximum Gasteiger partial charge on any atom is 0.269 e. The first-order chi connectivity index (χ1) is 13.8. The second-order valence-electron chi connectivity index (χ2n) is 5.84. The van der Waals surface area contributed by atoms with Gasteiger partial charge in [-0.2, -0.15) is 0 Å². The molecular formula is C17H16N4O6S2. The number of aliphatic imine (C=N–C) groups is 1. The van der Waals surface area contributed by atoms with Gasteiger partial charge >= 0.3 is 0 Å². The summed E-state index contributed by atoms with van der Waals surface area (Å²) < 4.78 is 29.5. The van der Waals surface area contributed by atoms with Crippen LogP contribution in [0, 0.1) is 10.1 Å². The number of methoxy groups -OCH3 is 1. The smallest absolute Gasteiger partial charge is 0.269 e. The van der Waals surface area contributed by atoms with Gasteiger partial charge in [0.15, 0.2) is 0 Å². The summed E-state index contributed by atoms with van der Waals surface area (Å²) in [6.07, 6.45) is 0. The molecule has 0 bridgehead atoms. The molecule has 0 saturated carbocycles. The molecule has 0 aromatic heterocycles. The van der Waals surface area contributed by atoms with Crippen molar-refractivity contribution in [1.82, 2.24) is 10.3 Å². The van der Waals surface area contributed by atoms with Crippen molar-refractivity contribution in [2.24, 2.45) is 4.99 Å².